The third-order valence-electron chi connectivity index (χ3n) is 6.00. The summed E-state index contributed by atoms with van der Waals surface area (Å²) < 4.78 is 38.9. The van der Waals surface area contributed by atoms with Crippen molar-refractivity contribution in [3.05, 3.63) is 35.9 Å². The highest BCUT2D eigenvalue weighted by Crippen LogP contribution is 2.34. The van der Waals surface area contributed by atoms with Crippen molar-refractivity contribution < 1.29 is 32.6 Å². The molecule has 3 aromatic heterocycles. The van der Waals surface area contributed by atoms with Crippen molar-refractivity contribution in [1.29, 1.82) is 0 Å². The monoisotopic (exact) mass is 536 g/mol. The van der Waals surface area contributed by atoms with Crippen molar-refractivity contribution in [2.24, 2.45) is 0 Å². The van der Waals surface area contributed by atoms with Crippen LogP contribution in [0.1, 0.15) is 18.2 Å². The quantitative estimate of drug-likeness (QED) is 0.461. The fraction of sp³-hybridized carbons (Fsp3) is 0.435. The number of nitrogens with one attached hydrogen (secondary N) is 2. The maximum Gasteiger partial charge on any atom is 0.490 e. The van der Waals surface area contributed by atoms with Crippen LogP contribution >= 0.6 is 0 Å². The van der Waals surface area contributed by atoms with E-state index in [1.807, 2.05) is 13.1 Å². The molecule has 2 aliphatic rings. The van der Waals surface area contributed by atoms with Crippen LogP contribution in [0.4, 0.5) is 35.3 Å². The number of halogens is 3. The summed E-state index contributed by atoms with van der Waals surface area (Å²) in [6, 6.07) is 2.23. The third-order valence-corrected chi connectivity index (χ3v) is 6.00. The van der Waals surface area contributed by atoms with Gasteiger partial charge in [-0.1, -0.05) is 0 Å². The molecule has 15 heteroatoms. The zero-order chi connectivity index (χ0) is 27.6. The number of ether oxygens (including phenoxy) is 1. The highest BCUT2D eigenvalue weighted by Gasteiger charge is 2.38. The summed E-state index contributed by atoms with van der Waals surface area (Å²) in [5.41, 5.74) is 3.75. The van der Waals surface area contributed by atoms with Gasteiger partial charge < -0.3 is 20.1 Å². The number of hydrogen-bond acceptors (Lipinski definition) is 8. The summed E-state index contributed by atoms with van der Waals surface area (Å²) in [4.78, 5) is 39.4. The molecule has 0 aliphatic carbocycles. The predicted molar refractivity (Wildman–Crippen MR) is 132 cm³/mol. The maximum atomic E-state index is 13.1. The number of aliphatic carboxylic acids is 1. The van der Waals surface area contributed by atoms with Gasteiger partial charge in [0.2, 0.25) is 5.65 Å². The SMILES string of the molecule is COc1nc(NC(=O)N2CCc3c(N4CCN[C@@H](C)C4)ccnc32)cn2cc(C)nc12.O=C(O)C(F)(F)F. The molecule has 5 rings (SSSR count). The number of alkyl halides is 3. The van der Waals surface area contributed by atoms with Crippen molar-refractivity contribution in [1.82, 2.24) is 24.7 Å². The summed E-state index contributed by atoms with van der Waals surface area (Å²) in [5, 5.41) is 13.5. The zero-order valence-electron chi connectivity index (χ0n) is 20.9. The summed E-state index contributed by atoms with van der Waals surface area (Å²) in [5.74, 6) is -1.28. The van der Waals surface area contributed by atoms with Gasteiger partial charge in [0.25, 0.3) is 5.88 Å². The van der Waals surface area contributed by atoms with Gasteiger partial charge in [-0.2, -0.15) is 18.2 Å². The number of fused-ring (bicyclic) bond motifs is 2. The second kappa shape index (κ2) is 10.7. The topological polar surface area (TPSA) is 137 Å². The van der Waals surface area contributed by atoms with Crippen molar-refractivity contribution in [3.8, 4) is 5.88 Å². The van der Waals surface area contributed by atoms with Crippen molar-refractivity contribution in [3.63, 3.8) is 0 Å². The van der Waals surface area contributed by atoms with Gasteiger partial charge in [0.15, 0.2) is 5.82 Å². The average molecular weight is 537 g/mol. The number of hydrogen-bond donors (Lipinski definition) is 3. The molecule has 0 saturated carbocycles. The van der Waals surface area contributed by atoms with Crippen LogP contribution in [0.2, 0.25) is 0 Å². The Morgan fingerprint density at radius 2 is 1.97 bits per heavy atom. The lowest BCUT2D eigenvalue weighted by Gasteiger charge is -2.34. The first kappa shape index (κ1) is 26.9. The van der Waals surface area contributed by atoms with Crippen molar-refractivity contribution in [2.75, 3.05) is 48.4 Å². The third kappa shape index (κ3) is 5.72. The summed E-state index contributed by atoms with van der Waals surface area (Å²) in [7, 11) is 1.54. The number of carboxylic acids is 1. The average Bonchev–Trinajstić information content (AvgIpc) is 3.46. The second-order valence-corrected chi connectivity index (χ2v) is 8.82. The summed E-state index contributed by atoms with van der Waals surface area (Å²) >= 11 is 0. The van der Waals surface area contributed by atoms with E-state index < -0.39 is 12.1 Å². The molecule has 0 aromatic carbocycles. The maximum absolute atomic E-state index is 13.1. The molecule has 1 fully saturated rings. The Labute approximate surface area is 215 Å². The molecule has 12 nitrogen and oxygen atoms in total. The number of imidazole rings is 1. The highest BCUT2D eigenvalue weighted by molar-refractivity contribution is 6.02. The Morgan fingerprint density at radius 3 is 2.63 bits per heavy atom. The normalized spacial score (nSPS) is 17.1. The molecule has 204 valence electrons. The molecule has 3 N–H and O–H groups in total. The standard InChI is InChI=1S/C21H26N8O2.C2HF3O2/c1-13-10-27(9-7-22-13)16-4-6-23-18-15(16)5-8-29(18)21(30)26-17-12-28-11-14(2)24-19(28)20(25-17)31-3;3-2(4,5)1(6)7/h4,6,11-13,22H,5,7-10H2,1-3H3,(H,26,30);(H,6,7)/t13-;/m0./s1. The Kier molecular flexibility index (Phi) is 7.57. The minimum atomic E-state index is -5.08. The number of amides is 2. The molecule has 0 bridgehead atoms. The minimum Gasteiger partial charge on any atom is -0.478 e. The molecule has 0 spiro atoms. The van der Waals surface area contributed by atoms with E-state index in [0.29, 0.717) is 35.7 Å². The first-order valence-corrected chi connectivity index (χ1v) is 11.7. The highest BCUT2D eigenvalue weighted by atomic mass is 19.4. The van der Waals surface area contributed by atoms with Gasteiger partial charge in [-0.05, 0) is 26.3 Å². The molecule has 3 aromatic rings. The van der Waals surface area contributed by atoms with E-state index in [4.69, 9.17) is 14.6 Å². The van der Waals surface area contributed by atoms with Crippen LogP contribution in [0.15, 0.2) is 24.7 Å². The van der Waals surface area contributed by atoms with Gasteiger partial charge in [-0.15, -0.1) is 0 Å². The first-order valence-electron chi connectivity index (χ1n) is 11.7. The molecule has 0 radical (unpaired) electrons. The Bertz CT molecular complexity index is 1350. The Morgan fingerprint density at radius 1 is 1.24 bits per heavy atom. The molecule has 5 heterocycles. The number of nitrogens with zero attached hydrogens (tertiary/aromatic N) is 6. The lowest BCUT2D eigenvalue weighted by molar-refractivity contribution is -0.192. The number of piperazine rings is 1. The van der Waals surface area contributed by atoms with Crippen LogP contribution in [0.5, 0.6) is 5.88 Å². The molecule has 38 heavy (non-hydrogen) atoms. The van der Waals surface area contributed by atoms with Gasteiger partial charge in [-0.25, -0.2) is 19.6 Å². The Balaban J connectivity index is 0.000000426. The van der Waals surface area contributed by atoms with Crippen LogP contribution in [0.25, 0.3) is 5.65 Å². The molecule has 1 atom stereocenters. The van der Waals surface area contributed by atoms with Crippen LogP contribution in [-0.2, 0) is 11.2 Å². The van der Waals surface area contributed by atoms with Gasteiger partial charge in [0.05, 0.1) is 19.0 Å². The minimum absolute atomic E-state index is 0.261. The van der Waals surface area contributed by atoms with E-state index in [0.717, 1.165) is 37.3 Å². The summed E-state index contributed by atoms with van der Waals surface area (Å²) in [6.45, 7) is 7.50. The fourth-order valence-electron chi connectivity index (χ4n) is 4.39. The van der Waals surface area contributed by atoms with Gasteiger partial charge in [-0.3, -0.25) is 14.6 Å². The van der Waals surface area contributed by atoms with Gasteiger partial charge in [0, 0.05) is 55.9 Å². The fourth-order valence-corrected chi connectivity index (χ4v) is 4.39. The summed E-state index contributed by atoms with van der Waals surface area (Å²) in [6.07, 6.45) is 1.08. The second-order valence-electron chi connectivity index (χ2n) is 8.82. The lowest BCUT2D eigenvalue weighted by Crippen LogP contribution is -2.49. The van der Waals surface area contributed by atoms with E-state index in [9.17, 15) is 18.0 Å². The van der Waals surface area contributed by atoms with Crippen LogP contribution in [-0.4, -0.2) is 82.0 Å². The van der Waals surface area contributed by atoms with Crippen LogP contribution in [0, 0.1) is 6.92 Å². The number of aryl methyl sites for hydroxylation is 1. The molecular weight excluding hydrogens is 509 g/mol. The number of rotatable bonds is 3. The number of urea groups is 1. The van der Waals surface area contributed by atoms with E-state index >= 15 is 0 Å². The van der Waals surface area contributed by atoms with Crippen LogP contribution < -0.4 is 25.2 Å². The van der Waals surface area contributed by atoms with E-state index in [2.05, 4.69) is 43.5 Å². The van der Waals surface area contributed by atoms with Crippen LogP contribution in [0.3, 0.4) is 0 Å². The van der Waals surface area contributed by atoms with E-state index in [-0.39, 0.29) is 6.03 Å². The van der Waals surface area contributed by atoms with Gasteiger partial charge in [0.1, 0.15) is 5.82 Å². The molecule has 2 aliphatic heterocycles. The molecule has 0 unspecified atom stereocenters. The number of methoxy groups -OCH3 is 1. The van der Waals surface area contributed by atoms with E-state index in [1.165, 1.54) is 12.8 Å². The number of carboxylic acid groups (broad SMARTS) is 1. The number of pyridine rings is 1. The number of anilines is 3. The number of carbonyl (C=O) groups is 2. The Hall–Kier alpha value is -4.14. The largest absolute Gasteiger partial charge is 0.490 e. The molecular formula is C23H27F3N8O4. The number of carbonyl (C=O) groups excluding carboxylic acids is 1. The number of aromatic nitrogens is 4. The van der Waals surface area contributed by atoms with Gasteiger partial charge >= 0.3 is 18.2 Å². The zero-order valence-corrected chi connectivity index (χ0v) is 20.9. The van der Waals surface area contributed by atoms with Crippen molar-refractivity contribution in [2.45, 2.75) is 32.5 Å². The predicted octanol–water partition coefficient (Wildman–Crippen LogP) is 2.47. The first-order chi connectivity index (χ1) is 18.0. The molecule has 1 saturated heterocycles. The lowest BCUT2D eigenvalue weighted by atomic mass is 10.1. The smallest absolute Gasteiger partial charge is 0.478 e. The van der Waals surface area contributed by atoms with E-state index in [1.54, 1.807) is 21.7 Å². The molecule has 2 amide bonds. The van der Waals surface area contributed by atoms with Crippen molar-refractivity contribution >= 4 is 35.0 Å².